The van der Waals surface area contributed by atoms with Gasteiger partial charge in [-0.25, -0.2) is 14.4 Å². The Morgan fingerprint density at radius 2 is 2.05 bits per heavy atom. The van der Waals surface area contributed by atoms with E-state index in [4.69, 9.17) is 4.74 Å². The number of aromatic nitrogens is 2. The minimum atomic E-state index is -0.341. The third-order valence-electron chi connectivity index (χ3n) is 3.38. The van der Waals surface area contributed by atoms with Gasteiger partial charge >= 0.3 is 0 Å². The van der Waals surface area contributed by atoms with Crippen LogP contribution >= 0.6 is 0 Å². The summed E-state index contributed by atoms with van der Waals surface area (Å²) in [6.07, 6.45) is 1.37. The second-order valence-corrected chi connectivity index (χ2v) is 4.82. The van der Waals surface area contributed by atoms with E-state index in [1.165, 1.54) is 19.5 Å². The topological polar surface area (TPSA) is 67.3 Å². The van der Waals surface area contributed by atoms with Crippen molar-refractivity contribution in [3.63, 3.8) is 0 Å². The van der Waals surface area contributed by atoms with Crippen molar-refractivity contribution >= 4 is 22.4 Å². The van der Waals surface area contributed by atoms with Gasteiger partial charge in [0.2, 0.25) is 0 Å². The van der Waals surface area contributed by atoms with Crippen molar-refractivity contribution < 1.29 is 14.2 Å². The molecule has 1 heterocycles. The Morgan fingerprint density at radius 3 is 2.82 bits per heavy atom. The van der Waals surface area contributed by atoms with Gasteiger partial charge in [-0.3, -0.25) is 0 Å². The number of nitrogens with zero attached hydrogens (tertiary/aromatic N) is 2. The minimum Gasteiger partial charge on any atom is -0.504 e. The first-order chi connectivity index (χ1) is 10.6. The summed E-state index contributed by atoms with van der Waals surface area (Å²) in [6, 6.07) is 8.16. The molecular formula is C16H14FN3O2. The first-order valence-corrected chi connectivity index (χ1v) is 6.64. The molecule has 0 aliphatic rings. The quantitative estimate of drug-likeness (QED) is 0.774. The van der Waals surface area contributed by atoms with Crippen LogP contribution in [0.4, 0.5) is 15.9 Å². The van der Waals surface area contributed by atoms with Crippen LogP contribution < -0.4 is 10.1 Å². The molecular weight excluding hydrogens is 285 g/mol. The normalized spacial score (nSPS) is 10.7. The number of hydrogen-bond donors (Lipinski definition) is 2. The van der Waals surface area contributed by atoms with Crippen molar-refractivity contribution in [3.05, 3.63) is 48.0 Å². The molecule has 0 amide bonds. The smallest absolute Gasteiger partial charge is 0.162 e. The van der Waals surface area contributed by atoms with Crippen LogP contribution in [-0.2, 0) is 0 Å². The molecule has 6 heteroatoms. The van der Waals surface area contributed by atoms with Gasteiger partial charge in [0.25, 0.3) is 0 Å². The number of benzene rings is 2. The van der Waals surface area contributed by atoms with Gasteiger partial charge < -0.3 is 15.2 Å². The van der Waals surface area contributed by atoms with Gasteiger partial charge in [-0.2, -0.15) is 0 Å². The Labute approximate surface area is 126 Å². The number of phenolic OH excluding ortho intramolecular Hbond substituents is 1. The summed E-state index contributed by atoms with van der Waals surface area (Å²) >= 11 is 0. The van der Waals surface area contributed by atoms with Crippen LogP contribution in [0, 0.1) is 12.7 Å². The fraction of sp³-hybridized carbons (Fsp3) is 0.125. The van der Waals surface area contributed by atoms with Crippen molar-refractivity contribution in [3.8, 4) is 11.5 Å². The Bertz CT molecular complexity index is 852. The molecule has 0 bridgehead atoms. The molecule has 0 saturated heterocycles. The van der Waals surface area contributed by atoms with E-state index in [0.29, 0.717) is 33.7 Å². The second-order valence-electron chi connectivity index (χ2n) is 4.82. The molecule has 5 nitrogen and oxygen atoms in total. The summed E-state index contributed by atoms with van der Waals surface area (Å²) in [5.74, 6) is 0.357. The van der Waals surface area contributed by atoms with E-state index in [1.807, 2.05) is 0 Å². The van der Waals surface area contributed by atoms with Crippen LogP contribution in [-0.4, -0.2) is 22.2 Å². The summed E-state index contributed by atoms with van der Waals surface area (Å²) in [7, 11) is 1.46. The number of aryl methyl sites for hydroxylation is 1. The van der Waals surface area contributed by atoms with Gasteiger partial charge in [0.15, 0.2) is 11.5 Å². The first kappa shape index (κ1) is 14.1. The third kappa shape index (κ3) is 2.39. The van der Waals surface area contributed by atoms with Gasteiger partial charge in [0, 0.05) is 11.5 Å². The number of ether oxygens (including phenoxy) is 1. The molecule has 22 heavy (non-hydrogen) atoms. The number of hydrogen-bond acceptors (Lipinski definition) is 5. The number of phenols is 1. The lowest BCUT2D eigenvalue weighted by Crippen LogP contribution is -1.99. The Balaban J connectivity index is 2.11. The van der Waals surface area contributed by atoms with E-state index in [2.05, 4.69) is 15.3 Å². The van der Waals surface area contributed by atoms with Crippen molar-refractivity contribution in [1.82, 2.24) is 9.97 Å². The highest BCUT2D eigenvalue weighted by atomic mass is 19.1. The molecule has 0 saturated carbocycles. The lowest BCUT2D eigenvalue weighted by molar-refractivity contribution is 0.374. The number of methoxy groups -OCH3 is 1. The first-order valence-electron chi connectivity index (χ1n) is 6.64. The highest BCUT2D eigenvalue weighted by Gasteiger charge is 2.12. The highest BCUT2D eigenvalue weighted by molar-refractivity contribution is 5.93. The SMILES string of the molecule is COc1cc2ncnc(Nc3cccc(C)c3F)c2cc1O. The monoisotopic (exact) mass is 299 g/mol. The van der Waals surface area contributed by atoms with Gasteiger partial charge in [0.05, 0.1) is 18.3 Å². The van der Waals surface area contributed by atoms with Crippen LogP contribution in [0.1, 0.15) is 5.56 Å². The zero-order chi connectivity index (χ0) is 15.7. The molecule has 3 aromatic rings. The van der Waals surface area contributed by atoms with Crippen LogP contribution in [0.2, 0.25) is 0 Å². The molecule has 112 valence electrons. The fourth-order valence-corrected chi connectivity index (χ4v) is 2.21. The average Bonchev–Trinajstić information content (AvgIpc) is 2.52. The van der Waals surface area contributed by atoms with Crippen LogP contribution in [0.15, 0.2) is 36.7 Å². The molecule has 2 aromatic carbocycles. The summed E-state index contributed by atoms with van der Waals surface area (Å²) in [5.41, 5.74) is 1.43. The van der Waals surface area contributed by atoms with E-state index in [9.17, 15) is 9.50 Å². The maximum Gasteiger partial charge on any atom is 0.162 e. The molecule has 0 radical (unpaired) electrons. The van der Waals surface area contributed by atoms with Crippen molar-refractivity contribution in [2.45, 2.75) is 6.92 Å². The van der Waals surface area contributed by atoms with E-state index in [0.717, 1.165) is 0 Å². The number of aromatic hydroxyl groups is 1. The molecule has 0 atom stereocenters. The molecule has 3 rings (SSSR count). The lowest BCUT2D eigenvalue weighted by atomic mass is 10.2. The average molecular weight is 299 g/mol. The van der Waals surface area contributed by atoms with Gasteiger partial charge in [0.1, 0.15) is 18.0 Å². The number of anilines is 2. The third-order valence-corrected chi connectivity index (χ3v) is 3.38. The summed E-state index contributed by atoms with van der Waals surface area (Å²) in [6.45, 7) is 1.69. The van der Waals surface area contributed by atoms with Crippen molar-refractivity contribution in [1.29, 1.82) is 0 Å². The zero-order valence-corrected chi connectivity index (χ0v) is 12.1. The molecule has 0 unspecified atom stereocenters. The maximum atomic E-state index is 14.1. The predicted octanol–water partition coefficient (Wildman–Crippen LogP) is 3.54. The Hall–Kier alpha value is -2.89. The fourth-order valence-electron chi connectivity index (χ4n) is 2.21. The van der Waals surface area contributed by atoms with Crippen molar-refractivity contribution in [2.75, 3.05) is 12.4 Å². The van der Waals surface area contributed by atoms with Gasteiger partial charge in [-0.1, -0.05) is 12.1 Å². The maximum absolute atomic E-state index is 14.1. The number of halogens is 1. The summed E-state index contributed by atoms with van der Waals surface area (Å²) in [4.78, 5) is 8.27. The molecule has 0 spiro atoms. The largest absolute Gasteiger partial charge is 0.504 e. The Morgan fingerprint density at radius 1 is 1.23 bits per heavy atom. The Kier molecular flexibility index (Phi) is 3.50. The van der Waals surface area contributed by atoms with Crippen molar-refractivity contribution in [2.24, 2.45) is 0 Å². The number of fused-ring (bicyclic) bond motifs is 1. The van der Waals surface area contributed by atoms with E-state index >= 15 is 0 Å². The highest BCUT2D eigenvalue weighted by Crippen LogP contribution is 2.34. The lowest BCUT2D eigenvalue weighted by Gasteiger charge is -2.11. The van der Waals surface area contributed by atoms with Gasteiger partial charge in [-0.15, -0.1) is 0 Å². The predicted molar refractivity (Wildman–Crippen MR) is 82.2 cm³/mol. The summed E-state index contributed by atoms with van der Waals surface area (Å²) < 4.78 is 19.2. The molecule has 0 aliphatic carbocycles. The van der Waals surface area contributed by atoms with Gasteiger partial charge in [-0.05, 0) is 24.6 Å². The molecule has 0 aliphatic heterocycles. The number of nitrogens with one attached hydrogen (secondary N) is 1. The standard InChI is InChI=1S/C16H14FN3O2/c1-9-4-3-5-11(15(9)17)20-16-10-6-13(21)14(22-2)7-12(10)18-8-19-16/h3-8,21H,1-2H3,(H,18,19,20). The summed E-state index contributed by atoms with van der Waals surface area (Å²) in [5, 5.41) is 13.4. The van der Waals surface area contributed by atoms with E-state index in [1.54, 1.807) is 31.2 Å². The molecule has 0 fully saturated rings. The second kappa shape index (κ2) is 5.48. The van der Waals surface area contributed by atoms with Crippen LogP contribution in [0.25, 0.3) is 10.9 Å². The molecule has 2 N–H and O–H groups in total. The zero-order valence-electron chi connectivity index (χ0n) is 12.1. The number of rotatable bonds is 3. The van der Waals surface area contributed by atoms with E-state index in [-0.39, 0.29) is 11.6 Å². The molecule has 1 aromatic heterocycles. The van der Waals surface area contributed by atoms with Crippen LogP contribution in [0.5, 0.6) is 11.5 Å². The van der Waals surface area contributed by atoms with E-state index < -0.39 is 0 Å². The minimum absolute atomic E-state index is 0.0300. The van der Waals surface area contributed by atoms with Crippen LogP contribution in [0.3, 0.4) is 0 Å².